The van der Waals surface area contributed by atoms with E-state index in [0.717, 1.165) is 11.3 Å². The van der Waals surface area contributed by atoms with Crippen molar-refractivity contribution < 1.29 is 9.13 Å². The Morgan fingerprint density at radius 1 is 1.12 bits per heavy atom. The fraction of sp³-hybridized carbons (Fsp3) is 0.167. The molecule has 2 aromatic carbocycles. The Morgan fingerprint density at radius 2 is 1.88 bits per heavy atom. The lowest BCUT2D eigenvalue weighted by molar-refractivity contribution is 0.187. The van der Waals surface area contributed by atoms with Crippen LogP contribution in [0.4, 0.5) is 10.1 Å². The molecule has 136 valence electrons. The molecule has 0 amide bonds. The zero-order valence-electron chi connectivity index (χ0n) is 13.7. The van der Waals surface area contributed by atoms with Crippen molar-refractivity contribution >= 4 is 51.8 Å². The van der Waals surface area contributed by atoms with Crippen LogP contribution in [-0.4, -0.2) is 18.3 Å². The number of nitrogens with zero attached hydrogens (tertiary/aromatic N) is 2. The number of ether oxygens (including phenoxy) is 1. The Balaban J connectivity index is 2.14. The van der Waals surface area contributed by atoms with Gasteiger partial charge in [-0.25, -0.2) is 9.38 Å². The Hall–Kier alpha value is -1.37. The zero-order chi connectivity index (χ0) is 18.7. The third-order valence-electron chi connectivity index (χ3n) is 3.65. The number of hydrogen-bond donors (Lipinski definition) is 0. The summed E-state index contributed by atoms with van der Waals surface area (Å²) in [5.41, 5.74) is 2.15. The molecule has 3 rings (SSSR count). The minimum Gasteiger partial charge on any atom is -0.383 e. The maximum atomic E-state index is 13.7. The molecule has 26 heavy (non-hydrogen) atoms. The molecule has 0 saturated carbocycles. The molecule has 0 radical (unpaired) electrons. The van der Waals surface area contributed by atoms with Gasteiger partial charge in [0.1, 0.15) is 5.82 Å². The number of rotatable bonds is 5. The molecule has 0 aliphatic heterocycles. The largest absolute Gasteiger partial charge is 0.383 e. The van der Waals surface area contributed by atoms with Gasteiger partial charge < -0.3 is 9.30 Å². The average molecular weight is 432 g/mol. The quantitative estimate of drug-likeness (QED) is 0.473. The predicted molar refractivity (Wildman–Crippen MR) is 106 cm³/mol. The van der Waals surface area contributed by atoms with Gasteiger partial charge in [-0.15, -0.1) is 11.3 Å². The van der Waals surface area contributed by atoms with Crippen LogP contribution in [0.25, 0.3) is 11.3 Å². The van der Waals surface area contributed by atoms with Crippen LogP contribution in [0.15, 0.2) is 46.8 Å². The van der Waals surface area contributed by atoms with E-state index in [1.54, 1.807) is 31.4 Å². The van der Waals surface area contributed by atoms with Crippen molar-refractivity contribution in [2.75, 3.05) is 13.7 Å². The number of halogens is 4. The lowest BCUT2D eigenvalue weighted by Crippen LogP contribution is -2.18. The van der Waals surface area contributed by atoms with E-state index in [4.69, 9.17) is 39.5 Å². The van der Waals surface area contributed by atoms with Gasteiger partial charge in [0.25, 0.3) is 0 Å². The maximum absolute atomic E-state index is 13.7. The van der Waals surface area contributed by atoms with Crippen LogP contribution < -0.4 is 4.80 Å². The minimum absolute atomic E-state index is 0.0637. The fourth-order valence-corrected chi connectivity index (χ4v) is 3.84. The van der Waals surface area contributed by atoms with Gasteiger partial charge in [0.2, 0.25) is 0 Å². The Labute approximate surface area is 169 Å². The summed E-state index contributed by atoms with van der Waals surface area (Å²) >= 11 is 19.6. The monoisotopic (exact) mass is 430 g/mol. The van der Waals surface area contributed by atoms with Crippen molar-refractivity contribution in [1.82, 2.24) is 4.57 Å². The van der Waals surface area contributed by atoms with Gasteiger partial charge in [0, 0.05) is 35.7 Å². The van der Waals surface area contributed by atoms with E-state index in [1.807, 2.05) is 9.95 Å². The summed E-state index contributed by atoms with van der Waals surface area (Å²) in [6.45, 7) is 1.05. The second kappa shape index (κ2) is 8.55. The van der Waals surface area contributed by atoms with E-state index in [-0.39, 0.29) is 5.02 Å². The molecule has 0 aliphatic rings. The minimum atomic E-state index is -0.508. The molecule has 3 aromatic rings. The smallest absolute Gasteiger partial charge is 0.190 e. The molecule has 1 heterocycles. The SMILES string of the molecule is COCCn1c(-c2cc(Cl)ccc2Cl)csc1=Nc1ccc(Cl)c(F)c1. The van der Waals surface area contributed by atoms with Crippen LogP contribution in [0.5, 0.6) is 0 Å². The Bertz CT molecular complexity index is 1000. The molecular weight excluding hydrogens is 418 g/mol. The van der Waals surface area contributed by atoms with Crippen LogP contribution in [0.2, 0.25) is 15.1 Å². The van der Waals surface area contributed by atoms with E-state index >= 15 is 0 Å². The molecule has 1 aromatic heterocycles. The molecule has 0 aliphatic carbocycles. The highest BCUT2D eigenvalue weighted by Crippen LogP contribution is 2.31. The first kappa shape index (κ1) is 19.4. The number of methoxy groups -OCH3 is 1. The summed E-state index contributed by atoms with van der Waals surface area (Å²) < 4.78 is 20.9. The van der Waals surface area contributed by atoms with E-state index in [2.05, 4.69) is 4.99 Å². The number of benzene rings is 2. The van der Waals surface area contributed by atoms with Gasteiger partial charge in [-0.3, -0.25) is 0 Å². The first-order valence-corrected chi connectivity index (χ1v) is 9.63. The standard InChI is InChI=1S/C18H14Cl3FN2OS/c1-25-7-6-24-17(13-8-11(19)2-4-14(13)20)10-26-18(24)23-12-3-5-15(21)16(22)9-12/h2-5,8-10H,6-7H2,1H3. The van der Waals surface area contributed by atoms with E-state index in [1.165, 1.54) is 23.5 Å². The Kier molecular flexibility index (Phi) is 6.37. The maximum Gasteiger partial charge on any atom is 0.190 e. The van der Waals surface area contributed by atoms with Gasteiger partial charge in [0.05, 0.1) is 28.0 Å². The van der Waals surface area contributed by atoms with Crippen LogP contribution in [0.3, 0.4) is 0 Å². The molecular formula is C18H14Cl3FN2OS. The van der Waals surface area contributed by atoms with Crippen molar-refractivity contribution in [2.24, 2.45) is 4.99 Å². The third kappa shape index (κ3) is 4.30. The van der Waals surface area contributed by atoms with E-state index in [0.29, 0.717) is 33.7 Å². The lowest BCUT2D eigenvalue weighted by atomic mass is 10.1. The highest BCUT2D eigenvalue weighted by molar-refractivity contribution is 7.07. The van der Waals surface area contributed by atoms with Crippen molar-refractivity contribution in [2.45, 2.75) is 6.54 Å². The lowest BCUT2D eigenvalue weighted by Gasteiger charge is -2.10. The second-order valence-electron chi connectivity index (χ2n) is 5.38. The summed E-state index contributed by atoms with van der Waals surface area (Å²) in [4.78, 5) is 5.24. The molecule has 0 saturated heterocycles. The molecule has 0 spiro atoms. The number of hydrogen-bond acceptors (Lipinski definition) is 3. The van der Waals surface area contributed by atoms with Crippen LogP contribution in [-0.2, 0) is 11.3 Å². The van der Waals surface area contributed by atoms with Crippen molar-refractivity contribution in [3.63, 3.8) is 0 Å². The number of thiazole rings is 1. The summed E-state index contributed by atoms with van der Waals surface area (Å²) in [6, 6.07) is 9.75. The summed E-state index contributed by atoms with van der Waals surface area (Å²) in [7, 11) is 1.63. The van der Waals surface area contributed by atoms with Crippen LogP contribution in [0, 0.1) is 5.82 Å². The topological polar surface area (TPSA) is 26.5 Å². The van der Waals surface area contributed by atoms with Crippen molar-refractivity contribution in [3.8, 4) is 11.3 Å². The normalized spacial score (nSPS) is 12.0. The molecule has 0 fully saturated rings. The van der Waals surface area contributed by atoms with Gasteiger partial charge in [-0.05, 0) is 30.3 Å². The molecule has 0 atom stereocenters. The highest BCUT2D eigenvalue weighted by Gasteiger charge is 2.12. The first-order chi connectivity index (χ1) is 12.5. The average Bonchev–Trinajstić information content (AvgIpc) is 3.00. The van der Waals surface area contributed by atoms with Crippen LogP contribution in [0.1, 0.15) is 0 Å². The number of aromatic nitrogens is 1. The summed E-state index contributed by atoms with van der Waals surface area (Å²) in [6.07, 6.45) is 0. The summed E-state index contributed by atoms with van der Waals surface area (Å²) in [5, 5.41) is 3.18. The molecule has 3 nitrogen and oxygen atoms in total. The second-order valence-corrected chi connectivity index (χ2v) is 7.47. The molecule has 8 heteroatoms. The van der Waals surface area contributed by atoms with Crippen molar-refractivity contribution in [1.29, 1.82) is 0 Å². The van der Waals surface area contributed by atoms with Crippen LogP contribution >= 0.6 is 46.1 Å². The van der Waals surface area contributed by atoms with Gasteiger partial charge in [-0.2, -0.15) is 0 Å². The van der Waals surface area contributed by atoms with E-state index < -0.39 is 5.82 Å². The van der Waals surface area contributed by atoms with Gasteiger partial charge in [0.15, 0.2) is 4.80 Å². The van der Waals surface area contributed by atoms with Crippen molar-refractivity contribution in [3.05, 3.63) is 67.5 Å². The van der Waals surface area contributed by atoms with E-state index in [9.17, 15) is 4.39 Å². The molecule has 0 unspecified atom stereocenters. The Morgan fingerprint density at radius 3 is 2.62 bits per heavy atom. The fourth-order valence-electron chi connectivity index (χ4n) is 2.39. The predicted octanol–water partition coefficient (Wildman–Crippen LogP) is 6.19. The molecule has 0 bridgehead atoms. The molecule has 0 N–H and O–H groups in total. The first-order valence-electron chi connectivity index (χ1n) is 7.62. The third-order valence-corrected chi connectivity index (χ3v) is 5.38. The zero-order valence-corrected chi connectivity index (χ0v) is 16.8. The summed E-state index contributed by atoms with van der Waals surface area (Å²) in [5.74, 6) is -0.508. The van der Waals surface area contributed by atoms with Gasteiger partial charge in [-0.1, -0.05) is 34.8 Å². The highest BCUT2D eigenvalue weighted by atomic mass is 35.5. The van der Waals surface area contributed by atoms with Gasteiger partial charge >= 0.3 is 0 Å².